The lowest BCUT2D eigenvalue weighted by atomic mass is 10.0. The van der Waals surface area contributed by atoms with E-state index in [4.69, 9.17) is 10.5 Å². The van der Waals surface area contributed by atoms with Crippen LogP contribution < -0.4 is 5.73 Å². The molecule has 1 aliphatic rings. The van der Waals surface area contributed by atoms with Gasteiger partial charge in [-0.15, -0.1) is 0 Å². The molecule has 0 aromatic rings. The molecule has 4 heteroatoms. The number of nitrogens with two attached hydrogens (primary N) is 1. The van der Waals surface area contributed by atoms with Crippen LogP contribution in [0.2, 0.25) is 0 Å². The summed E-state index contributed by atoms with van der Waals surface area (Å²) in [5.41, 5.74) is 5.37. The van der Waals surface area contributed by atoms with Crippen LogP contribution in [0.3, 0.4) is 0 Å². The van der Waals surface area contributed by atoms with E-state index in [1.807, 2.05) is 18.7 Å². The van der Waals surface area contributed by atoms with E-state index in [9.17, 15) is 4.79 Å². The highest BCUT2D eigenvalue weighted by atomic mass is 16.5. The molecule has 100 valence electrons. The molecule has 0 aromatic heterocycles. The van der Waals surface area contributed by atoms with Gasteiger partial charge in [-0.3, -0.25) is 4.79 Å². The van der Waals surface area contributed by atoms with Gasteiger partial charge in [0.1, 0.15) is 0 Å². The quantitative estimate of drug-likeness (QED) is 0.810. The first-order valence-electron chi connectivity index (χ1n) is 6.53. The molecule has 1 saturated heterocycles. The van der Waals surface area contributed by atoms with Crippen molar-refractivity contribution in [3.63, 3.8) is 0 Å². The minimum atomic E-state index is -0.284. The average Bonchev–Trinajstić information content (AvgIpc) is 2.26. The molecule has 0 aromatic carbocycles. The minimum absolute atomic E-state index is 0.0281. The molecular formula is C13H26N2O2. The summed E-state index contributed by atoms with van der Waals surface area (Å²) in [6.45, 7) is 10.0. The second-order valence-corrected chi connectivity index (χ2v) is 5.73. The highest BCUT2D eigenvalue weighted by Crippen LogP contribution is 2.22. The standard InChI is InChI=1S/C13H26N2O2/c1-5-10(2)6-12(16)15-8-11(7-14)17-13(3,4)9-15/h10-11H,5-9,14H2,1-4H3. The second-order valence-electron chi connectivity index (χ2n) is 5.73. The van der Waals surface area contributed by atoms with Crippen molar-refractivity contribution < 1.29 is 9.53 Å². The van der Waals surface area contributed by atoms with E-state index in [-0.39, 0.29) is 17.6 Å². The number of ether oxygens (including phenoxy) is 1. The first-order valence-corrected chi connectivity index (χ1v) is 6.53. The Morgan fingerprint density at radius 3 is 2.76 bits per heavy atom. The van der Waals surface area contributed by atoms with Crippen LogP contribution >= 0.6 is 0 Å². The fourth-order valence-electron chi connectivity index (χ4n) is 2.18. The summed E-state index contributed by atoms with van der Waals surface area (Å²) in [5.74, 6) is 0.680. The Morgan fingerprint density at radius 1 is 1.59 bits per heavy atom. The molecule has 0 aliphatic carbocycles. The third-order valence-corrected chi connectivity index (χ3v) is 3.32. The Morgan fingerprint density at radius 2 is 2.24 bits per heavy atom. The normalized spacial score (nSPS) is 25.7. The molecule has 1 fully saturated rings. The summed E-state index contributed by atoms with van der Waals surface area (Å²) in [5, 5.41) is 0. The van der Waals surface area contributed by atoms with Crippen LogP contribution in [0.4, 0.5) is 0 Å². The zero-order valence-corrected chi connectivity index (χ0v) is 11.5. The van der Waals surface area contributed by atoms with Crippen LogP contribution in [-0.2, 0) is 9.53 Å². The first-order chi connectivity index (χ1) is 7.88. The van der Waals surface area contributed by atoms with Crippen molar-refractivity contribution in [1.82, 2.24) is 4.90 Å². The van der Waals surface area contributed by atoms with Gasteiger partial charge in [-0.2, -0.15) is 0 Å². The van der Waals surface area contributed by atoms with Gasteiger partial charge in [0.15, 0.2) is 0 Å². The molecule has 2 atom stereocenters. The maximum atomic E-state index is 12.1. The van der Waals surface area contributed by atoms with Gasteiger partial charge < -0.3 is 15.4 Å². The van der Waals surface area contributed by atoms with Crippen molar-refractivity contribution >= 4 is 5.91 Å². The molecule has 0 bridgehead atoms. The maximum Gasteiger partial charge on any atom is 0.223 e. The van der Waals surface area contributed by atoms with Crippen molar-refractivity contribution in [3.8, 4) is 0 Å². The predicted octanol–water partition coefficient (Wildman–Crippen LogP) is 1.39. The van der Waals surface area contributed by atoms with E-state index in [0.717, 1.165) is 6.42 Å². The van der Waals surface area contributed by atoms with Gasteiger partial charge in [0, 0.05) is 26.1 Å². The lowest BCUT2D eigenvalue weighted by Gasteiger charge is -2.42. The van der Waals surface area contributed by atoms with E-state index < -0.39 is 0 Å². The molecule has 0 radical (unpaired) electrons. The summed E-state index contributed by atoms with van der Waals surface area (Å²) in [4.78, 5) is 14.1. The molecule has 0 spiro atoms. The van der Waals surface area contributed by atoms with Crippen LogP contribution in [-0.4, -0.2) is 42.1 Å². The summed E-state index contributed by atoms with van der Waals surface area (Å²) >= 11 is 0. The van der Waals surface area contributed by atoms with Gasteiger partial charge in [-0.25, -0.2) is 0 Å². The van der Waals surface area contributed by atoms with Crippen molar-refractivity contribution in [2.75, 3.05) is 19.6 Å². The number of hydrogen-bond acceptors (Lipinski definition) is 3. The average molecular weight is 242 g/mol. The van der Waals surface area contributed by atoms with Crippen molar-refractivity contribution in [2.45, 2.75) is 52.2 Å². The van der Waals surface area contributed by atoms with Crippen LogP contribution in [0.15, 0.2) is 0 Å². The Bertz CT molecular complexity index is 266. The fraction of sp³-hybridized carbons (Fsp3) is 0.923. The number of morpholine rings is 1. The van der Waals surface area contributed by atoms with E-state index in [0.29, 0.717) is 32.0 Å². The van der Waals surface area contributed by atoms with E-state index >= 15 is 0 Å². The van der Waals surface area contributed by atoms with Crippen molar-refractivity contribution in [1.29, 1.82) is 0 Å². The van der Waals surface area contributed by atoms with Gasteiger partial charge in [0.2, 0.25) is 5.91 Å². The smallest absolute Gasteiger partial charge is 0.223 e. The van der Waals surface area contributed by atoms with Crippen LogP contribution in [0.1, 0.15) is 40.5 Å². The Labute approximate surface area is 104 Å². The maximum absolute atomic E-state index is 12.1. The molecule has 0 saturated carbocycles. The van der Waals surface area contributed by atoms with Crippen LogP contribution in [0.25, 0.3) is 0 Å². The third-order valence-electron chi connectivity index (χ3n) is 3.32. The van der Waals surface area contributed by atoms with Gasteiger partial charge >= 0.3 is 0 Å². The summed E-state index contributed by atoms with van der Waals surface area (Å²) in [6.07, 6.45) is 1.64. The number of amides is 1. The Balaban J connectivity index is 2.60. The molecule has 2 N–H and O–H groups in total. The van der Waals surface area contributed by atoms with Crippen molar-refractivity contribution in [2.24, 2.45) is 11.7 Å². The first kappa shape index (κ1) is 14.5. The molecule has 1 heterocycles. The number of carbonyl (C=O) groups excluding carboxylic acids is 1. The largest absolute Gasteiger partial charge is 0.367 e. The molecule has 1 aliphatic heterocycles. The zero-order valence-electron chi connectivity index (χ0n) is 11.5. The molecular weight excluding hydrogens is 216 g/mol. The van der Waals surface area contributed by atoms with Gasteiger partial charge in [-0.05, 0) is 19.8 Å². The molecule has 1 amide bonds. The van der Waals surface area contributed by atoms with E-state index in [1.54, 1.807) is 0 Å². The highest BCUT2D eigenvalue weighted by Gasteiger charge is 2.34. The van der Waals surface area contributed by atoms with Crippen LogP contribution in [0.5, 0.6) is 0 Å². The van der Waals surface area contributed by atoms with Crippen molar-refractivity contribution in [3.05, 3.63) is 0 Å². The minimum Gasteiger partial charge on any atom is -0.367 e. The molecule has 17 heavy (non-hydrogen) atoms. The summed E-state index contributed by atoms with van der Waals surface area (Å²) in [6, 6.07) is 0. The zero-order chi connectivity index (χ0) is 13.1. The SMILES string of the molecule is CCC(C)CC(=O)N1CC(CN)OC(C)(C)C1. The van der Waals surface area contributed by atoms with Crippen LogP contribution in [0, 0.1) is 5.92 Å². The monoisotopic (exact) mass is 242 g/mol. The van der Waals surface area contributed by atoms with Gasteiger partial charge in [-0.1, -0.05) is 20.3 Å². The topological polar surface area (TPSA) is 55.6 Å². The molecule has 1 rings (SSSR count). The van der Waals surface area contributed by atoms with Gasteiger partial charge in [0.05, 0.1) is 11.7 Å². The highest BCUT2D eigenvalue weighted by molar-refractivity contribution is 5.76. The lowest BCUT2D eigenvalue weighted by Crippen LogP contribution is -2.56. The van der Waals surface area contributed by atoms with E-state index in [2.05, 4.69) is 13.8 Å². The Hall–Kier alpha value is -0.610. The van der Waals surface area contributed by atoms with E-state index in [1.165, 1.54) is 0 Å². The summed E-state index contributed by atoms with van der Waals surface area (Å²) in [7, 11) is 0. The molecule has 2 unspecified atom stereocenters. The Kier molecular flexibility index (Phi) is 4.95. The predicted molar refractivity (Wildman–Crippen MR) is 68.7 cm³/mol. The summed E-state index contributed by atoms with van der Waals surface area (Å²) < 4.78 is 5.82. The number of hydrogen-bond donors (Lipinski definition) is 1. The number of rotatable bonds is 4. The molecule has 4 nitrogen and oxygen atoms in total. The third kappa shape index (κ3) is 4.28. The fourth-order valence-corrected chi connectivity index (χ4v) is 2.18. The lowest BCUT2D eigenvalue weighted by molar-refractivity contribution is -0.160. The second kappa shape index (κ2) is 5.83. The van der Waals surface area contributed by atoms with Gasteiger partial charge in [0.25, 0.3) is 0 Å². The number of carbonyl (C=O) groups is 1. The number of nitrogens with zero attached hydrogens (tertiary/aromatic N) is 1.